The Hall–Kier alpha value is -1.80. The van der Waals surface area contributed by atoms with Crippen molar-refractivity contribution in [2.45, 2.75) is 24.3 Å². The zero-order valence-corrected chi connectivity index (χ0v) is 12.7. The highest BCUT2D eigenvalue weighted by Gasteiger charge is 2.29. The number of nitrogens with one attached hydrogen (secondary N) is 1. The van der Waals surface area contributed by atoms with Gasteiger partial charge in [-0.1, -0.05) is 19.9 Å². The predicted molar refractivity (Wildman–Crippen MR) is 83.3 cm³/mol. The van der Waals surface area contributed by atoms with Crippen LogP contribution in [-0.2, 0) is 0 Å². The summed E-state index contributed by atoms with van der Waals surface area (Å²) in [6.07, 6.45) is 0. The van der Waals surface area contributed by atoms with Crippen molar-refractivity contribution >= 4 is 29.0 Å². The molecule has 0 aliphatic carbocycles. The highest BCUT2D eigenvalue weighted by Crippen LogP contribution is 2.31. The quantitative estimate of drug-likeness (QED) is 0.502. The van der Waals surface area contributed by atoms with E-state index >= 15 is 0 Å². The van der Waals surface area contributed by atoms with E-state index in [1.807, 2.05) is 11.8 Å². The van der Waals surface area contributed by atoms with Crippen LogP contribution >= 0.6 is 11.8 Å². The van der Waals surface area contributed by atoms with Gasteiger partial charge in [-0.05, 0) is 6.07 Å². The Balaban J connectivity index is 2.35. The molecule has 0 bridgehead atoms. The van der Waals surface area contributed by atoms with Gasteiger partial charge in [0.1, 0.15) is 5.69 Å². The maximum absolute atomic E-state index is 12.6. The third-order valence-electron chi connectivity index (χ3n) is 3.32. The van der Waals surface area contributed by atoms with Crippen LogP contribution in [0.5, 0.6) is 0 Å². The second-order valence-corrected chi connectivity index (χ2v) is 6.95. The van der Waals surface area contributed by atoms with Crippen molar-refractivity contribution in [3.05, 3.63) is 33.9 Å². The number of rotatable bonds is 3. The maximum atomic E-state index is 12.6. The molecule has 1 saturated heterocycles. The molecule has 1 aliphatic rings. The van der Waals surface area contributed by atoms with E-state index in [9.17, 15) is 14.9 Å². The van der Waals surface area contributed by atoms with Crippen LogP contribution in [0.15, 0.2) is 18.2 Å². The first-order chi connectivity index (χ1) is 9.93. The van der Waals surface area contributed by atoms with E-state index in [2.05, 4.69) is 19.3 Å². The summed E-state index contributed by atoms with van der Waals surface area (Å²) < 4.78 is 0. The highest BCUT2D eigenvalue weighted by molar-refractivity contribution is 8.00. The van der Waals surface area contributed by atoms with Crippen LogP contribution in [0.4, 0.5) is 11.4 Å². The molecule has 2 unspecified atom stereocenters. The average molecular weight is 310 g/mol. The largest absolute Gasteiger partial charge is 0.336 e. The third-order valence-corrected chi connectivity index (χ3v) is 4.55. The van der Waals surface area contributed by atoms with Crippen molar-refractivity contribution in [2.75, 3.05) is 18.5 Å². The summed E-state index contributed by atoms with van der Waals surface area (Å²) >= 11 is 1.83. The fourth-order valence-electron chi connectivity index (χ4n) is 2.54. The summed E-state index contributed by atoms with van der Waals surface area (Å²) in [5, 5.41) is 11.7. The van der Waals surface area contributed by atoms with Gasteiger partial charge >= 0.3 is 0 Å². The molecule has 0 spiro atoms. The number of nitrogens with zero attached hydrogens (tertiary/aromatic N) is 2. The molecule has 7 nitrogen and oxygen atoms in total. The number of nitrogen functional groups attached to an aromatic ring is 1. The topological polar surface area (TPSA) is 102 Å². The maximum Gasteiger partial charge on any atom is 0.294 e. The smallest absolute Gasteiger partial charge is 0.294 e. The van der Waals surface area contributed by atoms with Crippen LogP contribution in [0.1, 0.15) is 24.2 Å². The molecule has 3 N–H and O–H groups in total. The molecule has 1 aliphatic heterocycles. The van der Waals surface area contributed by atoms with Gasteiger partial charge in [-0.2, -0.15) is 11.8 Å². The number of para-hydroxylation sites is 1. The van der Waals surface area contributed by atoms with Crippen molar-refractivity contribution in [2.24, 2.45) is 5.84 Å². The molecule has 2 atom stereocenters. The van der Waals surface area contributed by atoms with Gasteiger partial charge in [-0.3, -0.25) is 20.8 Å². The number of amides is 1. The summed E-state index contributed by atoms with van der Waals surface area (Å²) in [5.74, 6) is 5.15. The molecule has 1 aromatic rings. The molecule has 8 heteroatoms. The van der Waals surface area contributed by atoms with E-state index in [4.69, 9.17) is 5.84 Å². The minimum Gasteiger partial charge on any atom is -0.336 e. The number of nitro benzene ring substituents is 1. The number of hydrogen-bond acceptors (Lipinski definition) is 6. The number of nitrogens with two attached hydrogens (primary N) is 1. The highest BCUT2D eigenvalue weighted by atomic mass is 32.2. The summed E-state index contributed by atoms with van der Waals surface area (Å²) in [7, 11) is 0. The minimum absolute atomic E-state index is 0.0611. The van der Waals surface area contributed by atoms with Crippen molar-refractivity contribution in [3.63, 3.8) is 0 Å². The number of anilines is 1. The van der Waals surface area contributed by atoms with Crippen LogP contribution in [0.3, 0.4) is 0 Å². The molecule has 0 saturated carbocycles. The van der Waals surface area contributed by atoms with Crippen LogP contribution in [0.25, 0.3) is 0 Å². The number of benzene rings is 1. The predicted octanol–water partition coefficient (Wildman–Crippen LogP) is 1.85. The van der Waals surface area contributed by atoms with Crippen LogP contribution in [0.2, 0.25) is 0 Å². The van der Waals surface area contributed by atoms with E-state index in [1.54, 1.807) is 11.0 Å². The lowest BCUT2D eigenvalue weighted by Crippen LogP contribution is -2.44. The standard InChI is InChI=1S/C13H18N4O3S/c1-8-6-16(7-9(2)21-8)13(18)10-4-3-5-11(17(19)20)12(10)15-14/h3-5,8-9,15H,6-7,14H2,1-2H3. The van der Waals surface area contributed by atoms with Gasteiger partial charge in [-0.15, -0.1) is 0 Å². The number of carbonyl (C=O) groups excluding carboxylic acids is 1. The van der Waals surface area contributed by atoms with Gasteiger partial charge in [0, 0.05) is 29.7 Å². The van der Waals surface area contributed by atoms with Gasteiger partial charge < -0.3 is 10.3 Å². The lowest BCUT2D eigenvalue weighted by molar-refractivity contribution is -0.384. The van der Waals surface area contributed by atoms with E-state index in [0.29, 0.717) is 23.6 Å². The van der Waals surface area contributed by atoms with E-state index in [1.165, 1.54) is 12.1 Å². The first-order valence-corrected chi connectivity index (χ1v) is 7.57. The van der Waals surface area contributed by atoms with E-state index < -0.39 is 4.92 Å². The Kier molecular flexibility index (Phi) is 4.69. The molecule has 0 radical (unpaired) electrons. The first-order valence-electron chi connectivity index (χ1n) is 6.62. The molecule has 114 valence electrons. The van der Waals surface area contributed by atoms with Crippen molar-refractivity contribution in [1.29, 1.82) is 0 Å². The van der Waals surface area contributed by atoms with Gasteiger partial charge in [0.25, 0.3) is 11.6 Å². The van der Waals surface area contributed by atoms with E-state index in [0.717, 1.165) is 0 Å². The molecular weight excluding hydrogens is 292 g/mol. The van der Waals surface area contributed by atoms with Gasteiger partial charge in [-0.25, -0.2) is 0 Å². The zero-order valence-electron chi connectivity index (χ0n) is 11.9. The first kappa shape index (κ1) is 15.6. The second kappa shape index (κ2) is 6.31. The summed E-state index contributed by atoms with van der Waals surface area (Å²) in [5.41, 5.74) is 2.39. The summed E-state index contributed by atoms with van der Waals surface area (Å²) in [4.78, 5) is 24.8. The Bertz CT molecular complexity index is 556. The fraction of sp³-hybridized carbons (Fsp3) is 0.462. The molecule has 1 heterocycles. The molecular formula is C13H18N4O3S. The van der Waals surface area contributed by atoms with Crippen LogP contribution in [0, 0.1) is 10.1 Å². The number of carbonyl (C=O) groups is 1. The molecule has 21 heavy (non-hydrogen) atoms. The normalized spacial score (nSPS) is 22.0. The fourth-order valence-corrected chi connectivity index (χ4v) is 3.86. The third kappa shape index (κ3) is 3.27. The SMILES string of the molecule is CC1CN(C(=O)c2cccc([N+](=O)[O-])c2NN)CC(C)S1. The van der Waals surface area contributed by atoms with E-state index in [-0.39, 0.29) is 22.8 Å². The molecule has 2 rings (SSSR count). The van der Waals surface area contributed by atoms with Crippen molar-refractivity contribution in [3.8, 4) is 0 Å². The Morgan fingerprint density at radius 1 is 1.43 bits per heavy atom. The lowest BCUT2D eigenvalue weighted by atomic mass is 10.1. The minimum atomic E-state index is -0.552. The van der Waals surface area contributed by atoms with Crippen LogP contribution in [-0.4, -0.2) is 39.3 Å². The summed E-state index contributed by atoms with van der Waals surface area (Å²) in [6, 6.07) is 4.38. The molecule has 1 fully saturated rings. The zero-order chi connectivity index (χ0) is 15.6. The Morgan fingerprint density at radius 3 is 2.57 bits per heavy atom. The second-order valence-electron chi connectivity index (χ2n) is 5.07. The Morgan fingerprint density at radius 2 is 2.05 bits per heavy atom. The van der Waals surface area contributed by atoms with Gasteiger partial charge in [0.15, 0.2) is 0 Å². The van der Waals surface area contributed by atoms with Crippen molar-refractivity contribution in [1.82, 2.24) is 4.90 Å². The van der Waals surface area contributed by atoms with Crippen LogP contribution < -0.4 is 11.3 Å². The number of nitro groups is 1. The molecule has 1 amide bonds. The monoisotopic (exact) mass is 310 g/mol. The number of thioether (sulfide) groups is 1. The number of hydrazine groups is 1. The lowest BCUT2D eigenvalue weighted by Gasteiger charge is -2.34. The summed E-state index contributed by atoms with van der Waals surface area (Å²) in [6.45, 7) is 5.38. The molecule has 0 aromatic heterocycles. The van der Waals surface area contributed by atoms with Gasteiger partial charge in [0.05, 0.1) is 10.5 Å². The molecule has 1 aromatic carbocycles. The van der Waals surface area contributed by atoms with Crippen molar-refractivity contribution < 1.29 is 9.72 Å². The Labute approximate surface area is 127 Å². The number of hydrogen-bond donors (Lipinski definition) is 2. The van der Waals surface area contributed by atoms with Gasteiger partial charge in [0.2, 0.25) is 0 Å². The average Bonchev–Trinajstić information content (AvgIpc) is 2.44.